The molecule has 0 saturated heterocycles. The van der Waals surface area contributed by atoms with Crippen LogP contribution in [0.25, 0.3) is 21.9 Å². The Labute approximate surface area is 189 Å². The van der Waals surface area contributed by atoms with E-state index in [4.69, 9.17) is 18.9 Å². The van der Waals surface area contributed by atoms with E-state index in [2.05, 4.69) is 5.32 Å². The Morgan fingerprint density at radius 3 is 2.03 bits per heavy atom. The molecular weight excluding hydrogens is 406 g/mol. The van der Waals surface area contributed by atoms with Gasteiger partial charge >= 0.3 is 0 Å². The summed E-state index contributed by atoms with van der Waals surface area (Å²) in [6.45, 7) is 0. The molecule has 1 aliphatic carbocycles. The highest BCUT2D eigenvalue weighted by molar-refractivity contribution is 6.05. The second-order valence-electron chi connectivity index (χ2n) is 8.12. The van der Waals surface area contributed by atoms with Gasteiger partial charge in [-0.1, -0.05) is 25.3 Å². The highest BCUT2D eigenvalue weighted by Crippen LogP contribution is 2.47. The summed E-state index contributed by atoms with van der Waals surface area (Å²) in [5.74, 6) is 2.72. The predicted molar refractivity (Wildman–Crippen MR) is 128 cm³/mol. The fourth-order valence-corrected chi connectivity index (χ4v) is 4.60. The Balaban J connectivity index is 1.96. The quantitative estimate of drug-likeness (QED) is 0.473. The fraction of sp³-hybridized carbons (Fsp3) is 0.385. The monoisotopic (exact) mass is 437 g/mol. The van der Waals surface area contributed by atoms with Gasteiger partial charge in [0.05, 0.1) is 34.1 Å². The van der Waals surface area contributed by atoms with Gasteiger partial charge in [-0.15, -0.1) is 0 Å². The third-order valence-corrected chi connectivity index (χ3v) is 6.25. The van der Waals surface area contributed by atoms with Gasteiger partial charge in [-0.25, -0.2) is 0 Å². The van der Waals surface area contributed by atoms with Crippen molar-refractivity contribution in [3.8, 4) is 39.9 Å². The highest BCUT2D eigenvalue weighted by atomic mass is 16.5. The molecule has 0 heterocycles. The largest absolute Gasteiger partial charge is 0.507 e. The summed E-state index contributed by atoms with van der Waals surface area (Å²) in [6.07, 6.45) is 5.90. The van der Waals surface area contributed by atoms with Gasteiger partial charge in [-0.2, -0.15) is 0 Å². The van der Waals surface area contributed by atoms with Crippen LogP contribution < -0.4 is 24.3 Å². The van der Waals surface area contributed by atoms with Gasteiger partial charge in [-0.05, 0) is 54.1 Å². The first kappa shape index (κ1) is 21.9. The number of phenols is 1. The molecule has 0 aromatic heterocycles. The summed E-state index contributed by atoms with van der Waals surface area (Å²) in [5.41, 5.74) is 2.46. The Morgan fingerprint density at radius 2 is 1.38 bits per heavy atom. The van der Waals surface area contributed by atoms with E-state index in [1.54, 1.807) is 34.5 Å². The number of methoxy groups -OCH3 is 4. The smallest absolute Gasteiger partial charge is 0.161 e. The van der Waals surface area contributed by atoms with E-state index < -0.39 is 0 Å². The van der Waals surface area contributed by atoms with E-state index in [0.717, 1.165) is 40.4 Å². The molecule has 0 radical (unpaired) electrons. The van der Waals surface area contributed by atoms with Crippen molar-refractivity contribution < 1.29 is 24.1 Å². The summed E-state index contributed by atoms with van der Waals surface area (Å²) in [5, 5.41) is 16.8. The lowest BCUT2D eigenvalue weighted by Gasteiger charge is -2.27. The molecule has 6 heteroatoms. The molecule has 1 saturated carbocycles. The van der Waals surface area contributed by atoms with Crippen LogP contribution in [0.1, 0.15) is 32.1 Å². The molecule has 3 aromatic carbocycles. The summed E-state index contributed by atoms with van der Waals surface area (Å²) < 4.78 is 22.0. The molecular formula is C26H31NO5. The van der Waals surface area contributed by atoms with E-state index in [1.807, 2.05) is 30.3 Å². The molecule has 0 unspecified atom stereocenters. The van der Waals surface area contributed by atoms with Crippen LogP contribution in [0.3, 0.4) is 0 Å². The normalized spacial score (nSPS) is 14.2. The highest BCUT2D eigenvalue weighted by Gasteiger charge is 2.22. The molecule has 2 N–H and O–H groups in total. The molecule has 0 spiro atoms. The Kier molecular flexibility index (Phi) is 6.49. The zero-order valence-corrected chi connectivity index (χ0v) is 19.2. The minimum atomic E-state index is 0.190. The summed E-state index contributed by atoms with van der Waals surface area (Å²) in [4.78, 5) is 0. The number of fused-ring (bicyclic) bond motifs is 1. The van der Waals surface area contributed by atoms with Gasteiger partial charge in [0.25, 0.3) is 0 Å². The molecule has 32 heavy (non-hydrogen) atoms. The van der Waals surface area contributed by atoms with Crippen LogP contribution in [0.2, 0.25) is 0 Å². The van der Waals surface area contributed by atoms with Gasteiger partial charge in [0.1, 0.15) is 5.75 Å². The van der Waals surface area contributed by atoms with Crippen molar-refractivity contribution in [2.24, 2.45) is 0 Å². The second kappa shape index (κ2) is 9.47. The van der Waals surface area contributed by atoms with Crippen molar-refractivity contribution in [2.45, 2.75) is 38.1 Å². The zero-order valence-electron chi connectivity index (χ0n) is 19.2. The van der Waals surface area contributed by atoms with Crippen LogP contribution in [0.5, 0.6) is 28.7 Å². The van der Waals surface area contributed by atoms with Gasteiger partial charge in [0.15, 0.2) is 23.0 Å². The van der Waals surface area contributed by atoms with Crippen molar-refractivity contribution in [2.75, 3.05) is 33.8 Å². The second-order valence-corrected chi connectivity index (χ2v) is 8.12. The Morgan fingerprint density at radius 1 is 0.750 bits per heavy atom. The summed E-state index contributed by atoms with van der Waals surface area (Å²) in [6, 6.07) is 11.7. The van der Waals surface area contributed by atoms with Crippen LogP contribution in [0, 0.1) is 0 Å². The lowest BCUT2D eigenvalue weighted by Crippen LogP contribution is -2.22. The van der Waals surface area contributed by atoms with Crippen LogP contribution in [-0.2, 0) is 0 Å². The van der Waals surface area contributed by atoms with Crippen LogP contribution >= 0.6 is 0 Å². The third kappa shape index (κ3) is 4.09. The van der Waals surface area contributed by atoms with E-state index >= 15 is 0 Å². The van der Waals surface area contributed by atoms with Crippen LogP contribution in [0.15, 0.2) is 36.4 Å². The average molecular weight is 438 g/mol. The van der Waals surface area contributed by atoms with Crippen LogP contribution in [-0.4, -0.2) is 39.6 Å². The molecule has 6 nitrogen and oxygen atoms in total. The SMILES string of the molecule is COc1ccc(-c2c(O)cc3cc(OC)c(OC)cc3c2NC2CCCCC2)cc1OC. The third-order valence-electron chi connectivity index (χ3n) is 6.25. The van der Waals surface area contributed by atoms with E-state index in [9.17, 15) is 5.11 Å². The van der Waals surface area contributed by atoms with Gasteiger partial charge in [-0.3, -0.25) is 0 Å². The molecule has 0 aliphatic heterocycles. The van der Waals surface area contributed by atoms with Gasteiger partial charge < -0.3 is 29.4 Å². The summed E-state index contributed by atoms with van der Waals surface area (Å²) in [7, 11) is 6.47. The average Bonchev–Trinajstić information content (AvgIpc) is 2.83. The molecule has 0 amide bonds. The van der Waals surface area contributed by atoms with E-state index in [0.29, 0.717) is 29.0 Å². The topological polar surface area (TPSA) is 69.2 Å². The van der Waals surface area contributed by atoms with Gasteiger partial charge in [0.2, 0.25) is 0 Å². The molecule has 3 aromatic rings. The Bertz CT molecular complexity index is 1110. The van der Waals surface area contributed by atoms with Gasteiger partial charge in [0, 0.05) is 17.0 Å². The number of benzene rings is 3. The maximum absolute atomic E-state index is 11.2. The molecule has 0 atom stereocenters. The predicted octanol–water partition coefficient (Wildman–Crippen LogP) is 5.99. The number of nitrogens with one attached hydrogen (secondary N) is 1. The van der Waals surface area contributed by atoms with Crippen molar-refractivity contribution in [3.05, 3.63) is 36.4 Å². The number of phenolic OH excluding ortho intramolecular Hbond substituents is 1. The molecule has 1 aliphatic rings. The minimum Gasteiger partial charge on any atom is -0.507 e. The van der Waals surface area contributed by atoms with Crippen molar-refractivity contribution in [1.29, 1.82) is 0 Å². The fourth-order valence-electron chi connectivity index (χ4n) is 4.60. The van der Waals surface area contributed by atoms with E-state index in [-0.39, 0.29) is 5.75 Å². The maximum atomic E-state index is 11.2. The Hall–Kier alpha value is -3.28. The molecule has 4 rings (SSSR count). The first-order chi connectivity index (χ1) is 15.6. The molecule has 170 valence electrons. The minimum absolute atomic E-state index is 0.190. The number of rotatable bonds is 7. The van der Waals surface area contributed by atoms with E-state index in [1.165, 1.54) is 19.3 Å². The number of hydrogen-bond donors (Lipinski definition) is 2. The van der Waals surface area contributed by atoms with Crippen molar-refractivity contribution >= 4 is 16.5 Å². The molecule has 1 fully saturated rings. The number of ether oxygens (including phenoxy) is 4. The van der Waals surface area contributed by atoms with Crippen LogP contribution in [0.4, 0.5) is 5.69 Å². The number of anilines is 1. The standard InChI is InChI=1S/C26H31NO5/c1-29-21-11-10-16(13-22(21)30-2)25-20(28)12-17-14-23(31-3)24(32-4)15-19(17)26(25)27-18-8-6-5-7-9-18/h10-15,18,27-28H,5-9H2,1-4H3. The molecule has 0 bridgehead atoms. The lowest BCUT2D eigenvalue weighted by molar-refractivity contribution is 0.355. The first-order valence-corrected chi connectivity index (χ1v) is 11.0. The number of aromatic hydroxyl groups is 1. The summed E-state index contributed by atoms with van der Waals surface area (Å²) >= 11 is 0. The number of hydrogen-bond acceptors (Lipinski definition) is 6. The zero-order chi connectivity index (χ0) is 22.7. The maximum Gasteiger partial charge on any atom is 0.161 e. The van der Waals surface area contributed by atoms with Crippen molar-refractivity contribution in [1.82, 2.24) is 0 Å². The first-order valence-electron chi connectivity index (χ1n) is 11.0. The van der Waals surface area contributed by atoms with Crippen molar-refractivity contribution in [3.63, 3.8) is 0 Å². The lowest BCUT2D eigenvalue weighted by atomic mass is 9.92.